The lowest BCUT2D eigenvalue weighted by Crippen LogP contribution is -2.50. The maximum Gasteiger partial charge on any atom is 0.242 e. The quantitative estimate of drug-likeness (QED) is 0.742. The van der Waals surface area contributed by atoms with E-state index in [1.807, 2.05) is 61.5 Å². The molecule has 3 rings (SSSR count). The summed E-state index contributed by atoms with van der Waals surface area (Å²) in [6, 6.07) is 17.0. The van der Waals surface area contributed by atoms with Crippen LogP contribution in [0, 0.1) is 0 Å². The summed E-state index contributed by atoms with van der Waals surface area (Å²) in [6.07, 6.45) is 4.63. The van der Waals surface area contributed by atoms with Gasteiger partial charge >= 0.3 is 0 Å². The number of benzene rings is 2. The molecule has 0 unspecified atom stereocenters. The minimum Gasteiger partial charge on any atom is -0.497 e. The average molecular weight is 395 g/mol. The van der Waals surface area contributed by atoms with Gasteiger partial charge in [-0.1, -0.05) is 55.3 Å². The standard InChI is InChI=1S/C24H30N2O3/c1-18(24(28)25-21-10-6-7-11-21)26(17-20-12-14-22(29-2)15-13-20)23(27)16-19-8-4-3-5-9-19/h3-5,8-9,12-15,18,21H,6-7,10-11,16-17H2,1-2H3,(H,25,28)/t18-/m0/s1. The van der Waals surface area contributed by atoms with Gasteiger partial charge in [-0.3, -0.25) is 9.59 Å². The molecule has 0 saturated heterocycles. The van der Waals surface area contributed by atoms with Gasteiger partial charge in [0.15, 0.2) is 0 Å². The summed E-state index contributed by atoms with van der Waals surface area (Å²) in [7, 11) is 1.63. The van der Waals surface area contributed by atoms with Gasteiger partial charge in [-0.2, -0.15) is 0 Å². The lowest BCUT2D eigenvalue weighted by atomic mass is 10.1. The third kappa shape index (κ3) is 5.83. The second-order valence-corrected chi connectivity index (χ2v) is 7.70. The first-order valence-corrected chi connectivity index (χ1v) is 10.3. The van der Waals surface area contributed by atoms with Crippen molar-refractivity contribution in [1.82, 2.24) is 10.2 Å². The third-order valence-corrected chi connectivity index (χ3v) is 5.58. The smallest absolute Gasteiger partial charge is 0.242 e. The van der Waals surface area contributed by atoms with Gasteiger partial charge in [-0.25, -0.2) is 0 Å². The number of rotatable bonds is 8. The Morgan fingerprint density at radius 3 is 2.31 bits per heavy atom. The van der Waals surface area contributed by atoms with Gasteiger partial charge in [0.05, 0.1) is 13.5 Å². The second kappa shape index (κ2) is 10.1. The number of amides is 2. The van der Waals surface area contributed by atoms with Crippen molar-refractivity contribution in [2.75, 3.05) is 7.11 Å². The van der Waals surface area contributed by atoms with E-state index in [4.69, 9.17) is 4.74 Å². The predicted molar refractivity (Wildman–Crippen MR) is 114 cm³/mol. The highest BCUT2D eigenvalue weighted by Crippen LogP contribution is 2.19. The molecule has 2 aromatic rings. The number of methoxy groups -OCH3 is 1. The molecule has 5 nitrogen and oxygen atoms in total. The van der Waals surface area contributed by atoms with Gasteiger partial charge in [-0.15, -0.1) is 0 Å². The molecule has 0 aromatic heterocycles. The number of ether oxygens (including phenoxy) is 1. The highest BCUT2D eigenvalue weighted by Gasteiger charge is 2.28. The molecule has 1 aliphatic rings. The zero-order valence-corrected chi connectivity index (χ0v) is 17.3. The fraction of sp³-hybridized carbons (Fsp3) is 0.417. The molecule has 5 heteroatoms. The summed E-state index contributed by atoms with van der Waals surface area (Å²) in [6.45, 7) is 2.20. The molecule has 0 spiro atoms. The highest BCUT2D eigenvalue weighted by molar-refractivity contribution is 5.88. The molecule has 1 fully saturated rings. The highest BCUT2D eigenvalue weighted by atomic mass is 16.5. The molecule has 2 aromatic carbocycles. The molecule has 2 amide bonds. The average Bonchev–Trinajstić information content (AvgIpc) is 3.25. The minimum atomic E-state index is -0.533. The Kier molecular flexibility index (Phi) is 7.28. The Morgan fingerprint density at radius 2 is 1.69 bits per heavy atom. The molecule has 1 atom stereocenters. The first kappa shape index (κ1) is 20.9. The van der Waals surface area contributed by atoms with Gasteiger partial charge < -0.3 is 15.0 Å². The molecule has 29 heavy (non-hydrogen) atoms. The molecule has 0 heterocycles. The van der Waals surface area contributed by atoms with E-state index in [1.54, 1.807) is 12.0 Å². The lowest BCUT2D eigenvalue weighted by molar-refractivity contribution is -0.140. The number of carbonyl (C=O) groups is 2. The maximum atomic E-state index is 13.1. The van der Waals surface area contributed by atoms with Crippen LogP contribution >= 0.6 is 0 Å². The van der Waals surface area contributed by atoms with Crippen LogP contribution in [0.4, 0.5) is 0 Å². The van der Waals surface area contributed by atoms with Crippen molar-refractivity contribution in [3.63, 3.8) is 0 Å². The molecule has 1 N–H and O–H groups in total. The Bertz CT molecular complexity index is 799. The third-order valence-electron chi connectivity index (χ3n) is 5.58. The van der Waals surface area contributed by atoms with Crippen molar-refractivity contribution in [2.45, 2.75) is 57.7 Å². The Hall–Kier alpha value is -2.82. The van der Waals surface area contributed by atoms with E-state index >= 15 is 0 Å². The van der Waals surface area contributed by atoms with Gasteiger partial charge in [0.1, 0.15) is 11.8 Å². The van der Waals surface area contributed by atoms with Crippen LogP contribution in [0.15, 0.2) is 54.6 Å². The first-order valence-electron chi connectivity index (χ1n) is 10.3. The second-order valence-electron chi connectivity index (χ2n) is 7.70. The zero-order chi connectivity index (χ0) is 20.6. The van der Waals surface area contributed by atoms with E-state index in [1.165, 1.54) is 0 Å². The largest absolute Gasteiger partial charge is 0.497 e. The van der Waals surface area contributed by atoms with Crippen LogP contribution in [0.2, 0.25) is 0 Å². The van der Waals surface area contributed by atoms with E-state index in [2.05, 4.69) is 5.32 Å². The van der Waals surface area contributed by atoms with E-state index in [9.17, 15) is 9.59 Å². The predicted octanol–water partition coefficient (Wildman–Crippen LogP) is 3.71. The van der Waals surface area contributed by atoms with Gasteiger partial charge in [0, 0.05) is 12.6 Å². The van der Waals surface area contributed by atoms with E-state index in [0.717, 1.165) is 42.6 Å². The zero-order valence-electron chi connectivity index (χ0n) is 17.3. The summed E-state index contributed by atoms with van der Waals surface area (Å²) in [5, 5.41) is 3.13. The summed E-state index contributed by atoms with van der Waals surface area (Å²) >= 11 is 0. The van der Waals surface area contributed by atoms with Crippen LogP contribution in [0.5, 0.6) is 5.75 Å². The number of carbonyl (C=O) groups excluding carboxylic acids is 2. The molecular weight excluding hydrogens is 364 g/mol. The lowest BCUT2D eigenvalue weighted by Gasteiger charge is -2.30. The van der Waals surface area contributed by atoms with Crippen LogP contribution < -0.4 is 10.1 Å². The molecule has 0 bridgehead atoms. The van der Waals surface area contributed by atoms with E-state index < -0.39 is 6.04 Å². The van der Waals surface area contributed by atoms with Crippen molar-refractivity contribution < 1.29 is 14.3 Å². The molecule has 154 valence electrons. The normalized spacial score (nSPS) is 15.0. The molecule has 1 saturated carbocycles. The molecule has 0 aliphatic heterocycles. The number of hydrogen-bond donors (Lipinski definition) is 1. The van der Waals surface area contributed by atoms with E-state index in [0.29, 0.717) is 6.54 Å². The molecule has 1 aliphatic carbocycles. The van der Waals surface area contributed by atoms with Crippen LogP contribution in [0.1, 0.15) is 43.7 Å². The van der Waals surface area contributed by atoms with E-state index in [-0.39, 0.29) is 24.3 Å². The monoisotopic (exact) mass is 394 g/mol. The number of nitrogens with zero attached hydrogens (tertiary/aromatic N) is 1. The topological polar surface area (TPSA) is 58.6 Å². The SMILES string of the molecule is COc1ccc(CN(C(=O)Cc2ccccc2)[C@@H](C)C(=O)NC2CCCC2)cc1. The Balaban J connectivity index is 1.74. The molecule has 0 radical (unpaired) electrons. The summed E-state index contributed by atoms with van der Waals surface area (Å²) in [4.78, 5) is 27.7. The number of nitrogens with one attached hydrogen (secondary N) is 1. The summed E-state index contributed by atoms with van der Waals surface area (Å²) in [5.74, 6) is 0.635. The van der Waals surface area contributed by atoms with Gasteiger partial charge in [0.25, 0.3) is 0 Å². The van der Waals surface area contributed by atoms with Crippen LogP contribution in [-0.4, -0.2) is 35.9 Å². The van der Waals surface area contributed by atoms with Gasteiger partial charge in [-0.05, 0) is 43.0 Å². The first-order chi connectivity index (χ1) is 14.1. The summed E-state index contributed by atoms with van der Waals surface area (Å²) < 4.78 is 5.22. The van der Waals surface area contributed by atoms with Crippen LogP contribution in [0.3, 0.4) is 0 Å². The fourth-order valence-electron chi connectivity index (χ4n) is 3.77. The van der Waals surface area contributed by atoms with Crippen molar-refractivity contribution >= 4 is 11.8 Å². The van der Waals surface area contributed by atoms with Crippen molar-refractivity contribution in [3.8, 4) is 5.75 Å². The number of hydrogen-bond acceptors (Lipinski definition) is 3. The Morgan fingerprint density at radius 1 is 1.03 bits per heavy atom. The van der Waals surface area contributed by atoms with Crippen LogP contribution in [0.25, 0.3) is 0 Å². The minimum absolute atomic E-state index is 0.0545. The van der Waals surface area contributed by atoms with Crippen molar-refractivity contribution in [2.24, 2.45) is 0 Å². The van der Waals surface area contributed by atoms with Gasteiger partial charge in [0.2, 0.25) is 11.8 Å². The van der Waals surface area contributed by atoms with Crippen molar-refractivity contribution in [1.29, 1.82) is 0 Å². The molecular formula is C24H30N2O3. The fourth-order valence-corrected chi connectivity index (χ4v) is 3.77. The maximum absolute atomic E-state index is 13.1. The van der Waals surface area contributed by atoms with Crippen LogP contribution in [-0.2, 0) is 22.6 Å². The Labute approximate surface area is 173 Å². The summed E-state index contributed by atoms with van der Waals surface area (Å²) in [5.41, 5.74) is 1.91. The van der Waals surface area contributed by atoms with Crippen molar-refractivity contribution in [3.05, 3.63) is 65.7 Å².